The molecule has 168 valence electrons. The Morgan fingerprint density at radius 3 is 2.64 bits per heavy atom. The van der Waals surface area contributed by atoms with Crippen molar-refractivity contribution in [2.45, 2.75) is 19.0 Å². The summed E-state index contributed by atoms with van der Waals surface area (Å²) < 4.78 is 7.09. The number of nitrogens with one attached hydrogen (secondary N) is 1. The summed E-state index contributed by atoms with van der Waals surface area (Å²) in [6.07, 6.45) is 0. The van der Waals surface area contributed by atoms with Crippen molar-refractivity contribution in [1.29, 1.82) is 0 Å². The van der Waals surface area contributed by atoms with Gasteiger partial charge >= 0.3 is 0 Å². The molecule has 1 heterocycles. The Kier molecular flexibility index (Phi) is 6.65. The number of hydrogen-bond donors (Lipinski definition) is 2. The highest BCUT2D eigenvalue weighted by atomic mass is 32.2. The number of benzene rings is 3. The van der Waals surface area contributed by atoms with Crippen molar-refractivity contribution in [3.8, 4) is 28.6 Å². The molecule has 8 heteroatoms. The second-order valence-corrected chi connectivity index (χ2v) is 8.46. The number of anilines is 1. The number of rotatable bonds is 7. The average Bonchev–Trinajstić information content (AvgIpc) is 3.21. The third-order valence-electron chi connectivity index (χ3n) is 5.06. The van der Waals surface area contributed by atoms with E-state index in [9.17, 15) is 9.90 Å². The summed E-state index contributed by atoms with van der Waals surface area (Å²) in [7, 11) is 1.58. The molecule has 0 aliphatic heterocycles. The lowest BCUT2D eigenvalue weighted by atomic mass is 10.1. The number of nitrogens with zero attached hydrogens (tertiary/aromatic N) is 3. The van der Waals surface area contributed by atoms with Crippen LogP contribution in [0.15, 0.2) is 71.9 Å². The topological polar surface area (TPSA) is 89.3 Å². The van der Waals surface area contributed by atoms with E-state index in [2.05, 4.69) is 21.6 Å². The van der Waals surface area contributed by atoms with Gasteiger partial charge in [-0.05, 0) is 49.7 Å². The first-order valence-electron chi connectivity index (χ1n) is 10.3. The molecule has 33 heavy (non-hydrogen) atoms. The molecular formula is C25H24N4O3S. The predicted molar refractivity (Wildman–Crippen MR) is 130 cm³/mol. The number of aromatic nitrogens is 3. The highest BCUT2D eigenvalue weighted by molar-refractivity contribution is 7.99. The van der Waals surface area contributed by atoms with Gasteiger partial charge in [0.25, 0.3) is 0 Å². The number of carbonyl (C=O) groups is 1. The standard InChI is InChI=1S/C25H24N4O3S/c1-16-11-12-21(17(2)13-16)29-24(20-9-4-5-10-22(20)30)27-28-25(29)33-15-23(31)26-18-7-6-8-19(14-18)32-3/h4-14,30H,15H2,1-3H3,(H,26,31). The fraction of sp³-hybridized carbons (Fsp3) is 0.160. The summed E-state index contributed by atoms with van der Waals surface area (Å²) in [5, 5.41) is 22.6. The van der Waals surface area contributed by atoms with E-state index in [-0.39, 0.29) is 17.4 Å². The third-order valence-corrected chi connectivity index (χ3v) is 5.99. The number of amides is 1. The van der Waals surface area contributed by atoms with Gasteiger partial charge in [-0.1, -0.05) is 47.7 Å². The van der Waals surface area contributed by atoms with Gasteiger partial charge in [0.05, 0.1) is 24.1 Å². The van der Waals surface area contributed by atoms with Crippen molar-refractivity contribution >= 4 is 23.4 Å². The van der Waals surface area contributed by atoms with E-state index in [1.54, 1.807) is 37.4 Å². The second-order valence-electron chi connectivity index (χ2n) is 7.52. The first kappa shape index (κ1) is 22.4. The lowest BCUT2D eigenvalue weighted by Crippen LogP contribution is -2.14. The van der Waals surface area contributed by atoms with Crippen LogP contribution < -0.4 is 10.1 Å². The van der Waals surface area contributed by atoms with E-state index < -0.39 is 0 Å². The van der Waals surface area contributed by atoms with E-state index >= 15 is 0 Å². The number of methoxy groups -OCH3 is 1. The Balaban J connectivity index is 1.64. The van der Waals surface area contributed by atoms with Gasteiger partial charge < -0.3 is 15.2 Å². The molecule has 0 atom stereocenters. The number of ether oxygens (including phenoxy) is 1. The van der Waals surface area contributed by atoms with Crippen LogP contribution in [0.25, 0.3) is 17.1 Å². The molecule has 2 N–H and O–H groups in total. The summed E-state index contributed by atoms with van der Waals surface area (Å²) in [5.74, 6) is 1.26. The smallest absolute Gasteiger partial charge is 0.234 e. The molecule has 0 unspecified atom stereocenters. The molecule has 4 rings (SSSR count). The van der Waals surface area contributed by atoms with Crippen LogP contribution in [0.1, 0.15) is 11.1 Å². The number of aryl methyl sites for hydroxylation is 2. The predicted octanol–water partition coefficient (Wildman–Crippen LogP) is 5.00. The van der Waals surface area contributed by atoms with Gasteiger partial charge in [0.2, 0.25) is 5.91 Å². The van der Waals surface area contributed by atoms with Crippen LogP contribution >= 0.6 is 11.8 Å². The van der Waals surface area contributed by atoms with E-state index in [1.165, 1.54) is 11.8 Å². The minimum Gasteiger partial charge on any atom is -0.507 e. The first-order valence-corrected chi connectivity index (χ1v) is 11.3. The highest BCUT2D eigenvalue weighted by Gasteiger charge is 2.20. The zero-order valence-electron chi connectivity index (χ0n) is 18.6. The zero-order chi connectivity index (χ0) is 23.4. The summed E-state index contributed by atoms with van der Waals surface area (Å²) in [6, 6.07) is 20.3. The van der Waals surface area contributed by atoms with Gasteiger partial charge in [0.1, 0.15) is 11.5 Å². The average molecular weight is 461 g/mol. The van der Waals surface area contributed by atoms with Crippen LogP contribution in [0.2, 0.25) is 0 Å². The van der Waals surface area contributed by atoms with E-state index in [1.807, 2.05) is 48.7 Å². The van der Waals surface area contributed by atoms with Gasteiger partial charge in [0.15, 0.2) is 11.0 Å². The normalized spacial score (nSPS) is 10.8. The molecule has 0 saturated carbocycles. The molecule has 0 aliphatic carbocycles. The van der Waals surface area contributed by atoms with Crippen LogP contribution in [-0.4, -0.2) is 38.6 Å². The van der Waals surface area contributed by atoms with Crippen LogP contribution in [0, 0.1) is 13.8 Å². The van der Waals surface area contributed by atoms with Gasteiger partial charge in [0, 0.05) is 11.8 Å². The maximum absolute atomic E-state index is 12.6. The van der Waals surface area contributed by atoms with E-state index in [0.717, 1.165) is 16.8 Å². The number of hydrogen-bond acceptors (Lipinski definition) is 6. The maximum Gasteiger partial charge on any atom is 0.234 e. The Bertz CT molecular complexity index is 1300. The molecule has 0 radical (unpaired) electrons. The number of carbonyl (C=O) groups excluding carboxylic acids is 1. The first-order chi connectivity index (χ1) is 16.0. The molecule has 3 aromatic carbocycles. The maximum atomic E-state index is 12.6. The highest BCUT2D eigenvalue weighted by Crippen LogP contribution is 2.33. The summed E-state index contributed by atoms with van der Waals surface area (Å²) >= 11 is 1.28. The summed E-state index contributed by atoms with van der Waals surface area (Å²) in [5.41, 5.74) is 4.29. The van der Waals surface area contributed by atoms with Crippen LogP contribution in [0.3, 0.4) is 0 Å². The number of phenolic OH excluding ortho intramolecular Hbond substituents is 1. The van der Waals surface area contributed by atoms with Crippen LogP contribution in [0.5, 0.6) is 11.5 Å². The Morgan fingerprint density at radius 1 is 1.06 bits per heavy atom. The minimum absolute atomic E-state index is 0.114. The molecule has 0 saturated heterocycles. The molecule has 0 spiro atoms. The number of para-hydroxylation sites is 1. The van der Waals surface area contributed by atoms with Crippen molar-refractivity contribution in [1.82, 2.24) is 14.8 Å². The van der Waals surface area contributed by atoms with Gasteiger partial charge in [-0.25, -0.2) is 0 Å². The van der Waals surface area contributed by atoms with Gasteiger partial charge in [-0.2, -0.15) is 0 Å². The lowest BCUT2D eigenvalue weighted by Gasteiger charge is -2.14. The lowest BCUT2D eigenvalue weighted by molar-refractivity contribution is -0.113. The Hall–Kier alpha value is -3.78. The molecule has 1 amide bonds. The van der Waals surface area contributed by atoms with Crippen molar-refractivity contribution < 1.29 is 14.6 Å². The number of aromatic hydroxyl groups is 1. The van der Waals surface area contributed by atoms with E-state index in [0.29, 0.717) is 28.0 Å². The summed E-state index contributed by atoms with van der Waals surface area (Å²) in [4.78, 5) is 12.6. The quantitative estimate of drug-likeness (QED) is 0.378. The number of thioether (sulfide) groups is 1. The monoisotopic (exact) mass is 460 g/mol. The molecule has 4 aromatic rings. The van der Waals surface area contributed by atoms with Crippen molar-refractivity contribution in [2.75, 3.05) is 18.2 Å². The molecule has 0 aliphatic rings. The van der Waals surface area contributed by atoms with Gasteiger partial charge in [-0.15, -0.1) is 10.2 Å². The minimum atomic E-state index is -0.174. The van der Waals surface area contributed by atoms with Gasteiger partial charge in [-0.3, -0.25) is 9.36 Å². The largest absolute Gasteiger partial charge is 0.507 e. The van der Waals surface area contributed by atoms with E-state index in [4.69, 9.17) is 4.74 Å². The molecule has 0 fully saturated rings. The molecular weight excluding hydrogens is 436 g/mol. The second kappa shape index (κ2) is 9.79. The third kappa shape index (κ3) is 5.01. The van der Waals surface area contributed by atoms with Crippen LogP contribution in [0.4, 0.5) is 5.69 Å². The zero-order valence-corrected chi connectivity index (χ0v) is 19.4. The SMILES string of the molecule is COc1cccc(NC(=O)CSc2nnc(-c3ccccc3O)n2-c2ccc(C)cc2C)c1. The van der Waals surface area contributed by atoms with Crippen molar-refractivity contribution in [2.24, 2.45) is 0 Å². The van der Waals surface area contributed by atoms with Crippen molar-refractivity contribution in [3.63, 3.8) is 0 Å². The Labute approximate surface area is 196 Å². The fourth-order valence-electron chi connectivity index (χ4n) is 3.50. The fourth-order valence-corrected chi connectivity index (χ4v) is 4.25. The molecule has 0 bridgehead atoms. The van der Waals surface area contributed by atoms with Crippen LogP contribution in [-0.2, 0) is 4.79 Å². The molecule has 1 aromatic heterocycles. The molecule has 7 nitrogen and oxygen atoms in total. The van der Waals surface area contributed by atoms with Crippen molar-refractivity contribution in [3.05, 3.63) is 77.9 Å². The summed E-state index contributed by atoms with van der Waals surface area (Å²) in [6.45, 7) is 4.05. The number of phenols is 1. The Morgan fingerprint density at radius 2 is 1.88 bits per heavy atom.